The number of hydrogen-bond donors (Lipinski definition) is 1. The monoisotopic (exact) mass is 325 g/mol. The summed E-state index contributed by atoms with van der Waals surface area (Å²) in [5.74, 6) is 0.880. The minimum atomic E-state index is -0.241. The van der Waals surface area contributed by atoms with Crippen LogP contribution in [0.2, 0.25) is 5.02 Å². The Hall–Kier alpha value is -0.790. The van der Waals surface area contributed by atoms with Crippen LogP contribution in [0.15, 0.2) is 10.7 Å². The van der Waals surface area contributed by atoms with Gasteiger partial charge in [-0.2, -0.15) is 5.26 Å². The first-order chi connectivity index (χ1) is 8.50. The fourth-order valence-corrected chi connectivity index (χ4v) is 3.96. The Labute approximate surface area is 120 Å². The molecular weight excluding hydrogens is 314 g/mol. The molecular formula is C13H13BrClN3. The molecule has 94 valence electrons. The highest BCUT2D eigenvalue weighted by molar-refractivity contribution is 9.10. The molecule has 18 heavy (non-hydrogen) atoms. The first kappa shape index (κ1) is 12.3. The lowest BCUT2D eigenvalue weighted by Gasteiger charge is -2.25. The predicted octanol–water partition coefficient (Wildman–Crippen LogP) is 3.87. The van der Waals surface area contributed by atoms with Crippen molar-refractivity contribution in [3.63, 3.8) is 0 Å². The predicted molar refractivity (Wildman–Crippen MR) is 74.7 cm³/mol. The van der Waals surface area contributed by atoms with E-state index in [1.807, 2.05) is 6.92 Å². The van der Waals surface area contributed by atoms with Gasteiger partial charge < -0.3 is 5.32 Å². The Bertz CT molecular complexity index is 568. The molecule has 2 heterocycles. The SMILES string of the molecule is CC1(C#N)CCC2(CNc3ncc(Br)c(Cl)c32)C1. The summed E-state index contributed by atoms with van der Waals surface area (Å²) in [5, 5.41) is 13.4. The smallest absolute Gasteiger partial charge is 0.131 e. The van der Waals surface area contributed by atoms with Crippen LogP contribution in [0.3, 0.4) is 0 Å². The van der Waals surface area contributed by atoms with Gasteiger partial charge in [-0.15, -0.1) is 0 Å². The second kappa shape index (κ2) is 3.85. The maximum absolute atomic E-state index is 9.31. The van der Waals surface area contributed by atoms with Gasteiger partial charge >= 0.3 is 0 Å². The number of halogens is 2. The fraction of sp³-hybridized carbons (Fsp3) is 0.538. The average Bonchev–Trinajstić information content (AvgIpc) is 2.88. The number of anilines is 1. The van der Waals surface area contributed by atoms with E-state index < -0.39 is 0 Å². The molecule has 1 saturated carbocycles. The summed E-state index contributed by atoms with van der Waals surface area (Å²) in [6.07, 6.45) is 4.50. The lowest BCUT2D eigenvalue weighted by Crippen LogP contribution is -2.27. The first-order valence-electron chi connectivity index (χ1n) is 5.99. The van der Waals surface area contributed by atoms with E-state index in [0.29, 0.717) is 0 Å². The average molecular weight is 327 g/mol. The van der Waals surface area contributed by atoms with Crippen LogP contribution < -0.4 is 5.32 Å². The van der Waals surface area contributed by atoms with Crippen molar-refractivity contribution in [2.24, 2.45) is 5.41 Å². The van der Waals surface area contributed by atoms with Gasteiger partial charge in [-0.3, -0.25) is 0 Å². The Morgan fingerprint density at radius 3 is 3.00 bits per heavy atom. The van der Waals surface area contributed by atoms with Gasteiger partial charge in [0.15, 0.2) is 0 Å². The minimum absolute atomic E-state index is 0.0202. The van der Waals surface area contributed by atoms with Crippen LogP contribution in [0, 0.1) is 16.7 Å². The molecule has 1 aromatic heterocycles. The molecule has 1 aliphatic heterocycles. The molecule has 1 aromatic rings. The van der Waals surface area contributed by atoms with Gasteiger partial charge in [0.05, 0.1) is 21.0 Å². The van der Waals surface area contributed by atoms with Gasteiger partial charge in [0, 0.05) is 23.7 Å². The molecule has 0 amide bonds. The van der Waals surface area contributed by atoms with E-state index in [1.54, 1.807) is 6.20 Å². The van der Waals surface area contributed by atoms with E-state index in [-0.39, 0.29) is 10.8 Å². The number of pyridine rings is 1. The molecule has 2 unspecified atom stereocenters. The van der Waals surface area contributed by atoms with E-state index in [1.165, 1.54) is 0 Å². The maximum atomic E-state index is 9.31. The zero-order chi connectivity index (χ0) is 13.0. The lowest BCUT2D eigenvalue weighted by molar-refractivity contribution is 0.404. The Kier molecular flexibility index (Phi) is 2.62. The third kappa shape index (κ3) is 1.57. The van der Waals surface area contributed by atoms with Gasteiger partial charge in [0.25, 0.3) is 0 Å². The summed E-state index contributed by atoms with van der Waals surface area (Å²) in [6.45, 7) is 2.88. The molecule has 1 N–H and O–H groups in total. The number of nitriles is 1. The van der Waals surface area contributed by atoms with Crippen LogP contribution in [0.5, 0.6) is 0 Å². The second-order valence-electron chi connectivity index (χ2n) is 5.63. The van der Waals surface area contributed by atoms with E-state index in [9.17, 15) is 5.26 Å². The molecule has 0 aromatic carbocycles. The molecule has 1 aliphatic carbocycles. The van der Waals surface area contributed by atoms with Crippen molar-refractivity contribution in [1.29, 1.82) is 5.26 Å². The summed E-state index contributed by atoms with van der Waals surface area (Å²) in [6, 6.07) is 2.45. The summed E-state index contributed by atoms with van der Waals surface area (Å²) in [5.41, 5.74) is 0.834. The summed E-state index contributed by atoms with van der Waals surface area (Å²) >= 11 is 9.87. The van der Waals surface area contributed by atoms with Crippen LogP contribution in [0.1, 0.15) is 31.7 Å². The summed E-state index contributed by atoms with van der Waals surface area (Å²) in [4.78, 5) is 4.39. The van der Waals surface area contributed by atoms with E-state index in [2.05, 4.69) is 32.3 Å². The molecule has 0 bridgehead atoms. The lowest BCUT2D eigenvalue weighted by atomic mass is 9.78. The summed E-state index contributed by atoms with van der Waals surface area (Å²) in [7, 11) is 0. The molecule has 0 saturated heterocycles. The van der Waals surface area contributed by atoms with Gasteiger partial charge in [-0.25, -0.2) is 4.98 Å². The van der Waals surface area contributed by atoms with Crippen molar-refractivity contribution < 1.29 is 0 Å². The van der Waals surface area contributed by atoms with Crippen LogP contribution in [-0.2, 0) is 5.41 Å². The number of fused-ring (bicyclic) bond motifs is 2. The largest absolute Gasteiger partial charge is 0.369 e. The van der Waals surface area contributed by atoms with E-state index in [4.69, 9.17) is 11.6 Å². The van der Waals surface area contributed by atoms with E-state index >= 15 is 0 Å². The maximum Gasteiger partial charge on any atom is 0.131 e. The highest BCUT2D eigenvalue weighted by atomic mass is 79.9. The number of rotatable bonds is 0. The highest BCUT2D eigenvalue weighted by Gasteiger charge is 2.51. The van der Waals surface area contributed by atoms with Crippen molar-refractivity contribution in [2.45, 2.75) is 31.6 Å². The molecule has 1 spiro atoms. The van der Waals surface area contributed by atoms with Crippen molar-refractivity contribution in [3.8, 4) is 6.07 Å². The van der Waals surface area contributed by atoms with Crippen LogP contribution in [-0.4, -0.2) is 11.5 Å². The number of nitrogens with zero attached hydrogens (tertiary/aromatic N) is 2. The third-order valence-corrected chi connectivity index (χ3v) is 5.47. The zero-order valence-electron chi connectivity index (χ0n) is 10.1. The van der Waals surface area contributed by atoms with Crippen molar-refractivity contribution in [1.82, 2.24) is 4.98 Å². The zero-order valence-corrected chi connectivity index (χ0v) is 12.4. The van der Waals surface area contributed by atoms with Gasteiger partial charge in [-0.1, -0.05) is 11.6 Å². The molecule has 2 aliphatic rings. The normalized spacial score (nSPS) is 33.2. The van der Waals surface area contributed by atoms with Gasteiger partial charge in [0.1, 0.15) is 5.82 Å². The molecule has 3 nitrogen and oxygen atoms in total. The first-order valence-corrected chi connectivity index (χ1v) is 7.16. The summed E-state index contributed by atoms with van der Waals surface area (Å²) < 4.78 is 0.830. The standard InChI is InChI=1S/C13H13BrClN3/c1-12(6-16)2-3-13(5-12)7-18-11-9(13)10(15)8(14)4-17-11/h4H,2-3,5,7H2,1H3,(H,17,18). The Morgan fingerprint density at radius 2 is 2.33 bits per heavy atom. The molecule has 1 fully saturated rings. The van der Waals surface area contributed by atoms with Crippen LogP contribution in [0.25, 0.3) is 0 Å². The van der Waals surface area contributed by atoms with Crippen molar-refractivity contribution in [3.05, 3.63) is 21.3 Å². The number of hydrogen-bond acceptors (Lipinski definition) is 3. The van der Waals surface area contributed by atoms with Gasteiger partial charge in [-0.05, 0) is 42.1 Å². The molecule has 5 heteroatoms. The topological polar surface area (TPSA) is 48.7 Å². The van der Waals surface area contributed by atoms with Gasteiger partial charge in [0.2, 0.25) is 0 Å². The molecule has 2 atom stereocenters. The van der Waals surface area contributed by atoms with Crippen molar-refractivity contribution >= 4 is 33.3 Å². The second-order valence-corrected chi connectivity index (χ2v) is 6.86. The highest BCUT2D eigenvalue weighted by Crippen LogP contribution is 2.56. The quantitative estimate of drug-likeness (QED) is 0.787. The molecule has 0 radical (unpaired) electrons. The minimum Gasteiger partial charge on any atom is -0.369 e. The Morgan fingerprint density at radius 1 is 1.56 bits per heavy atom. The molecule has 3 rings (SSSR count). The fourth-order valence-electron chi connectivity index (χ4n) is 3.32. The van der Waals surface area contributed by atoms with Crippen LogP contribution in [0.4, 0.5) is 5.82 Å². The van der Waals surface area contributed by atoms with E-state index in [0.717, 1.165) is 46.7 Å². The number of aromatic nitrogens is 1. The van der Waals surface area contributed by atoms with Crippen molar-refractivity contribution in [2.75, 3.05) is 11.9 Å². The van der Waals surface area contributed by atoms with Crippen LogP contribution >= 0.6 is 27.5 Å². The number of nitrogens with one attached hydrogen (secondary N) is 1. The third-order valence-electron chi connectivity index (χ3n) is 4.25. The Balaban J connectivity index is 2.11.